The van der Waals surface area contributed by atoms with E-state index in [1.54, 1.807) is 6.92 Å². The molecule has 0 radical (unpaired) electrons. The molecular weight excluding hydrogens is 230 g/mol. The summed E-state index contributed by atoms with van der Waals surface area (Å²) < 4.78 is 11.3. The smallest absolute Gasteiger partial charge is 0.122 e. The molecule has 100 valence electrons. The number of hydrogen-bond acceptors (Lipinski definition) is 4. The molecule has 0 aliphatic carbocycles. The van der Waals surface area contributed by atoms with Crippen LogP contribution in [0.3, 0.4) is 0 Å². The first-order valence-electron chi connectivity index (χ1n) is 6.41. The van der Waals surface area contributed by atoms with Crippen molar-refractivity contribution in [1.82, 2.24) is 0 Å². The number of ether oxygens (including phenoxy) is 2. The number of aliphatic hydroxyl groups excluding tert-OH is 1. The third kappa shape index (κ3) is 2.83. The van der Waals surface area contributed by atoms with E-state index in [4.69, 9.17) is 15.2 Å². The van der Waals surface area contributed by atoms with Crippen molar-refractivity contribution in [3.05, 3.63) is 29.3 Å². The zero-order valence-electron chi connectivity index (χ0n) is 10.9. The molecule has 0 spiro atoms. The summed E-state index contributed by atoms with van der Waals surface area (Å²) in [6.07, 6.45) is 0.0206. The number of rotatable bonds is 5. The highest BCUT2D eigenvalue weighted by Crippen LogP contribution is 2.29. The fraction of sp³-hybridized carbons (Fsp3) is 0.571. The lowest BCUT2D eigenvalue weighted by molar-refractivity contribution is -0.0591. The molecule has 3 unspecified atom stereocenters. The fourth-order valence-electron chi connectivity index (χ4n) is 2.05. The van der Waals surface area contributed by atoms with Crippen LogP contribution in [-0.4, -0.2) is 30.5 Å². The molecule has 1 aromatic rings. The summed E-state index contributed by atoms with van der Waals surface area (Å²) >= 11 is 0. The van der Waals surface area contributed by atoms with E-state index in [9.17, 15) is 5.11 Å². The maximum Gasteiger partial charge on any atom is 0.122 e. The van der Waals surface area contributed by atoms with Crippen LogP contribution in [0.15, 0.2) is 18.2 Å². The Morgan fingerprint density at radius 3 is 2.89 bits per heavy atom. The first kappa shape index (κ1) is 13.3. The van der Waals surface area contributed by atoms with Crippen molar-refractivity contribution in [3.63, 3.8) is 0 Å². The van der Waals surface area contributed by atoms with Crippen LogP contribution in [0.5, 0.6) is 5.75 Å². The van der Waals surface area contributed by atoms with E-state index in [0.29, 0.717) is 6.54 Å². The zero-order valence-corrected chi connectivity index (χ0v) is 10.9. The molecule has 0 aromatic heterocycles. The Hall–Kier alpha value is -1.10. The quantitative estimate of drug-likeness (QED) is 0.830. The number of benzene rings is 1. The summed E-state index contributed by atoms with van der Waals surface area (Å²) in [6, 6.07) is 6.04. The Bertz CT molecular complexity index is 406. The lowest BCUT2D eigenvalue weighted by Gasteiger charge is -2.23. The van der Waals surface area contributed by atoms with Crippen LogP contribution >= 0.6 is 0 Å². The molecule has 4 nitrogen and oxygen atoms in total. The van der Waals surface area contributed by atoms with E-state index < -0.39 is 6.10 Å². The average molecular weight is 251 g/mol. The van der Waals surface area contributed by atoms with Crippen molar-refractivity contribution in [2.45, 2.75) is 38.6 Å². The normalized spacial score (nSPS) is 18.9. The van der Waals surface area contributed by atoms with Gasteiger partial charge in [0.25, 0.3) is 0 Å². The van der Waals surface area contributed by atoms with E-state index in [1.165, 1.54) is 5.56 Å². The summed E-state index contributed by atoms with van der Waals surface area (Å²) in [5, 5.41) is 9.48. The minimum atomic E-state index is -0.503. The standard InChI is InChI=1S/C14H21NO3/c1-9(16)10(2)18-14(8-15)11-3-4-13-12(7-11)5-6-17-13/h3-4,7,9-10,14,16H,5-6,8,15H2,1-2H3. The molecular formula is C14H21NO3. The maximum absolute atomic E-state index is 9.48. The largest absolute Gasteiger partial charge is 0.493 e. The van der Waals surface area contributed by atoms with Crippen molar-refractivity contribution >= 4 is 0 Å². The van der Waals surface area contributed by atoms with Crippen molar-refractivity contribution in [2.24, 2.45) is 5.73 Å². The molecule has 1 aliphatic heterocycles. The third-order valence-corrected chi connectivity index (χ3v) is 3.36. The molecule has 0 fully saturated rings. The lowest BCUT2D eigenvalue weighted by Crippen LogP contribution is -2.28. The van der Waals surface area contributed by atoms with Crippen LogP contribution in [0, 0.1) is 0 Å². The van der Waals surface area contributed by atoms with Gasteiger partial charge in [0.05, 0.1) is 24.9 Å². The topological polar surface area (TPSA) is 64.7 Å². The van der Waals surface area contributed by atoms with Crippen molar-refractivity contribution in [1.29, 1.82) is 0 Å². The highest BCUT2D eigenvalue weighted by Gasteiger charge is 2.20. The van der Waals surface area contributed by atoms with Gasteiger partial charge in [0.15, 0.2) is 0 Å². The van der Waals surface area contributed by atoms with Gasteiger partial charge in [-0.15, -0.1) is 0 Å². The second-order valence-corrected chi connectivity index (χ2v) is 4.77. The minimum Gasteiger partial charge on any atom is -0.493 e. The van der Waals surface area contributed by atoms with Crippen LogP contribution in [0.1, 0.15) is 31.1 Å². The molecule has 0 amide bonds. The second-order valence-electron chi connectivity index (χ2n) is 4.77. The van der Waals surface area contributed by atoms with E-state index >= 15 is 0 Å². The Labute approximate surface area is 108 Å². The summed E-state index contributed by atoms with van der Waals surface area (Å²) in [7, 11) is 0. The summed E-state index contributed by atoms with van der Waals surface area (Å²) in [5.74, 6) is 0.957. The maximum atomic E-state index is 9.48. The Balaban J connectivity index is 2.12. The number of aliphatic hydroxyl groups is 1. The SMILES string of the molecule is CC(O)C(C)OC(CN)c1ccc2c(c1)CCO2. The predicted molar refractivity (Wildman–Crippen MR) is 69.7 cm³/mol. The van der Waals surface area contributed by atoms with Gasteiger partial charge in [-0.3, -0.25) is 0 Å². The number of nitrogens with two attached hydrogens (primary N) is 1. The van der Waals surface area contributed by atoms with Gasteiger partial charge in [-0.1, -0.05) is 6.07 Å². The lowest BCUT2D eigenvalue weighted by atomic mass is 10.0. The van der Waals surface area contributed by atoms with Gasteiger partial charge < -0.3 is 20.3 Å². The molecule has 3 atom stereocenters. The van der Waals surface area contributed by atoms with Crippen LogP contribution < -0.4 is 10.5 Å². The van der Waals surface area contributed by atoms with E-state index in [2.05, 4.69) is 6.07 Å². The van der Waals surface area contributed by atoms with Crippen molar-refractivity contribution in [2.75, 3.05) is 13.2 Å². The molecule has 2 rings (SSSR count). The summed E-state index contributed by atoms with van der Waals surface area (Å²) in [4.78, 5) is 0. The Kier molecular flexibility index (Phi) is 4.22. The van der Waals surface area contributed by atoms with Gasteiger partial charge in [0.2, 0.25) is 0 Å². The molecule has 3 N–H and O–H groups in total. The highest BCUT2D eigenvalue weighted by atomic mass is 16.5. The van der Waals surface area contributed by atoms with Crippen LogP contribution in [0.2, 0.25) is 0 Å². The predicted octanol–water partition coefficient (Wildman–Crippen LogP) is 1.41. The van der Waals surface area contributed by atoms with Gasteiger partial charge in [-0.05, 0) is 37.1 Å². The van der Waals surface area contributed by atoms with Gasteiger partial charge >= 0.3 is 0 Å². The van der Waals surface area contributed by atoms with Gasteiger partial charge in [0, 0.05) is 13.0 Å². The first-order chi connectivity index (χ1) is 8.61. The van der Waals surface area contributed by atoms with Crippen LogP contribution in [-0.2, 0) is 11.2 Å². The molecule has 1 heterocycles. The second kappa shape index (κ2) is 5.69. The van der Waals surface area contributed by atoms with E-state index in [-0.39, 0.29) is 12.2 Å². The molecule has 1 aromatic carbocycles. The van der Waals surface area contributed by atoms with E-state index in [1.807, 2.05) is 19.1 Å². The Morgan fingerprint density at radius 1 is 1.44 bits per heavy atom. The number of fused-ring (bicyclic) bond motifs is 1. The van der Waals surface area contributed by atoms with Crippen molar-refractivity contribution < 1.29 is 14.6 Å². The molecule has 18 heavy (non-hydrogen) atoms. The van der Waals surface area contributed by atoms with E-state index in [0.717, 1.165) is 24.3 Å². The molecule has 0 saturated carbocycles. The monoisotopic (exact) mass is 251 g/mol. The molecule has 4 heteroatoms. The Morgan fingerprint density at radius 2 is 2.22 bits per heavy atom. The molecule has 0 bridgehead atoms. The highest BCUT2D eigenvalue weighted by molar-refractivity contribution is 5.40. The average Bonchev–Trinajstić information content (AvgIpc) is 2.82. The zero-order chi connectivity index (χ0) is 13.1. The number of hydrogen-bond donors (Lipinski definition) is 2. The molecule has 0 saturated heterocycles. The van der Waals surface area contributed by atoms with Gasteiger partial charge in [0.1, 0.15) is 5.75 Å². The van der Waals surface area contributed by atoms with Crippen LogP contribution in [0.4, 0.5) is 0 Å². The first-order valence-corrected chi connectivity index (χ1v) is 6.41. The summed E-state index contributed by atoms with van der Waals surface area (Å²) in [6.45, 7) is 4.71. The molecule has 1 aliphatic rings. The van der Waals surface area contributed by atoms with Gasteiger partial charge in [-0.25, -0.2) is 0 Å². The van der Waals surface area contributed by atoms with Crippen LogP contribution in [0.25, 0.3) is 0 Å². The summed E-state index contributed by atoms with van der Waals surface area (Å²) in [5.41, 5.74) is 8.02. The minimum absolute atomic E-state index is 0.180. The van der Waals surface area contributed by atoms with Crippen molar-refractivity contribution in [3.8, 4) is 5.75 Å². The third-order valence-electron chi connectivity index (χ3n) is 3.36. The fourth-order valence-corrected chi connectivity index (χ4v) is 2.05. The van der Waals surface area contributed by atoms with Gasteiger partial charge in [-0.2, -0.15) is 0 Å².